The molecule has 0 unspecified atom stereocenters. The van der Waals surface area contributed by atoms with Crippen molar-refractivity contribution >= 4 is 5.97 Å². The normalized spacial score (nSPS) is 44.7. The van der Waals surface area contributed by atoms with Gasteiger partial charge >= 0.3 is 5.97 Å². The van der Waals surface area contributed by atoms with E-state index in [0.29, 0.717) is 6.42 Å². The molecule has 3 heteroatoms. The standard InChI is InChI=1S/C13H18O3/c1-12(2)5-3-4-9-6-8-7-10(14)16-11(8)13(9,12)15/h6,8,11,15H,3-5,7H2,1-2H3/t8-,11-,13+/m0/s1. The zero-order valence-corrected chi connectivity index (χ0v) is 9.82. The van der Waals surface area contributed by atoms with Crippen LogP contribution >= 0.6 is 0 Å². The van der Waals surface area contributed by atoms with Crippen LogP contribution in [0.3, 0.4) is 0 Å². The van der Waals surface area contributed by atoms with Gasteiger partial charge in [-0.3, -0.25) is 4.79 Å². The summed E-state index contributed by atoms with van der Waals surface area (Å²) in [5.74, 6) is -0.0648. The number of rotatable bonds is 0. The summed E-state index contributed by atoms with van der Waals surface area (Å²) in [6.45, 7) is 4.16. The van der Waals surface area contributed by atoms with Crippen molar-refractivity contribution in [3.8, 4) is 0 Å². The smallest absolute Gasteiger partial charge is 0.306 e. The summed E-state index contributed by atoms with van der Waals surface area (Å²) >= 11 is 0. The average molecular weight is 222 g/mol. The van der Waals surface area contributed by atoms with E-state index in [-0.39, 0.29) is 23.4 Å². The lowest BCUT2D eigenvalue weighted by Crippen LogP contribution is -2.55. The van der Waals surface area contributed by atoms with Gasteiger partial charge in [0.05, 0.1) is 6.42 Å². The van der Waals surface area contributed by atoms with E-state index in [0.717, 1.165) is 24.8 Å². The number of carbonyl (C=O) groups is 1. The molecule has 0 aromatic carbocycles. The fraction of sp³-hybridized carbons (Fsp3) is 0.769. The third kappa shape index (κ3) is 1.05. The van der Waals surface area contributed by atoms with Crippen LogP contribution in [0.4, 0.5) is 0 Å². The van der Waals surface area contributed by atoms with Crippen LogP contribution in [0.15, 0.2) is 11.6 Å². The van der Waals surface area contributed by atoms with Crippen molar-refractivity contribution in [2.45, 2.75) is 51.2 Å². The lowest BCUT2D eigenvalue weighted by molar-refractivity contribution is -0.165. The Labute approximate surface area is 95.5 Å². The highest BCUT2D eigenvalue weighted by Gasteiger charge is 2.62. The Balaban J connectivity index is 2.06. The van der Waals surface area contributed by atoms with E-state index in [1.807, 2.05) is 0 Å². The van der Waals surface area contributed by atoms with E-state index in [1.54, 1.807) is 0 Å². The minimum atomic E-state index is -0.915. The van der Waals surface area contributed by atoms with E-state index in [9.17, 15) is 9.90 Å². The molecule has 1 N–H and O–H groups in total. The zero-order valence-electron chi connectivity index (χ0n) is 9.82. The largest absolute Gasteiger partial charge is 0.458 e. The first-order valence-electron chi connectivity index (χ1n) is 6.08. The number of hydrogen-bond donors (Lipinski definition) is 1. The van der Waals surface area contributed by atoms with Crippen LogP contribution in [0.1, 0.15) is 39.5 Å². The molecule has 0 radical (unpaired) electrons. The van der Waals surface area contributed by atoms with Crippen LogP contribution in [0.5, 0.6) is 0 Å². The van der Waals surface area contributed by atoms with Crippen molar-refractivity contribution in [1.82, 2.24) is 0 Å². The van der Waals surface area contributed by atoms with Crippen LogP contribution in [-0.2, 0) is 9.53 Å². The van der Waals surface area contributed by atoms with Crippen molar-refractivity contribution < 1.29 is 14.6 Å². The molecule has 3 nitrogen and oxygen atoms in total. The molecule has 3 atom stereocenters. The third-order valence-electron chi connectivity index (χ3n) is 4.65. The first-order valence-corrected chi connectivity index (χ1v) is 6.08. The molecule has 1 aliphatic heterocycles. The molecule has 1 saturated carbocycles. The molecule has 2 fully saturated rings. The predicted molar refractivity (Wildman–Crippen MR) is 58.7 cm³/mol. The van der Waals surface area contributed by atoms with E-state index >= 15 is 0 Å². The Morgan fingerprint density at radius 1 is 1.50 bits per heavy atom. The summed E-state index contributed by atoms with van der Waals surface area (Å²) in [7, 11) is 0. The average Bonchev–Trinajstić information content (AvgIpc) is 2.65. The quantitative estimate of drug-likeness (QED) is 0.502. The Morgan fingerprint density at radius 3 is 3.00 bits per heavy atom. The first-order chi connectivity index (χ1) is 7.45. The van der Waals surface area contributed by atoms with E-state index in [2.05, 4.69) is 19.9 Å². The van der Waals surface area contributed by atoms with Gasteiger partial charge in [0.2, 0.25) is 0 Å². The lowest BCUT2D eigenvalue weighted by Gasteiger charge is -2.48. The van der Waals surface area contributed by atoms with Gasteiger partial charge < -0.3 is 9.84 Å². The Kier molecular flexibility index (Phi) is 1.87. The molecule has 0 bridgehead atoms. The van der Waals surface area contributed by atoms with Crippen LogP contribution in [-0.4, -0.2) is 22.8 Å². The number of aliphatic hydroxyl groups is 1. The molecule has 0 aromatic heterocycles. The summed E-state index contributed by atoms with van der Waals surface area (Å²) in [5.41, 5.74) is -0.00493. The second kappa shape index (κ2) is 2.89. The van der Waals surface area contributed by atoms with Gasteiger partial charge in [-0.15, -0.1) is 0 Å². The maximum atomic E-state index is 11.3. The van der Waals surface area contributed by atoms with E-state index in [4.69, 9.17) is 4.74 Å². The topological polar surface area (TPSA) is 46.5 Å². The van der Waals surface area contributed by atoms with Gasteiger partial charge in [0.15, 0.2) is 0 Å². The van der Waals surface area contributed by atoms with Crippen molar-refractivity contribution in [3.05, 3.63) is 11.6 Å². The van der Waals surface area contributed by atoms with Crippen LogP contribution < -0.4 is 0 Å². The molecule has 3 rings (SSSR count). The molecule has 88 valence electrons. The molecule has 3 aliphatic rings. The summed E-state index contributed by atoms with van der Waals surface area (Å²) in [6.07, 6.45) is 5.26. The van der Waals surface area contributed by atoms with Crippen LogP contribution in [0, 0.1) is 11.3 Å². The number of fused-ring (bicyclic) bond motifs is 3. The van der Waals surface area contributed by atoms with Crippen molar-refractivity contribution in [2.75, 3.05) is 0 Å². The molecular formula is C13H18O3. The molecule has 1 heterocycles. The summed E-state index contributed by atoms with van der Waals surface area (Å²) in [5, 5.41) is 11.0. The highest BCUT2D eigenvalue weighted by Crippen LogP contribution is 2.56. The number of hydrogen-bond acceptors (Lipinski definition) is 3. The molecule has 1 saturated heterocycles. The Bertz CT molecular complexity index is 383. The molecule has 2 aliphatic carbocycles. The monoisotopic (exact) mass is 222 g/mol. The van der Waals surface area contributed by atoms with Crippen molar-refractivity contribution in [2.24, 2.45) is 11.3 Å². The zero-order chi connectivity index (χ0) is 11.6. The van der Waals surface area contributed by atoms with Crippen molar-refractivity contribution in [3.63, 3.8) is 0 Å². The molecule has 0 aromatic rings. The fourth-order valence-corrected chi connectivity index (χ4v) is 3.69. The molecule has 16 heavy (non-hydrogen) atoms. The second-order valence-electron chi connectivity index (χ2n) is 5.97. The summed E-state index contributed by atoms with van der Waals surface area (Å²) in [6, 6.07) is 0. The first kappa shape index (κ1) is 10.3. The lowest BCUT2D eigenvalue weighted by atomic mass is 9.62. The number of carbonyl (C=O) groups excluding carboxylic acids is 1. The summed E-state index contributed by atoms with van der Waals surface area (Å²) in [4.78, 5) is 11.3. The van der Waals surface area contributed by atoms with Crippen LogP contribution in [0.2, 0.25) is 0 Å². The maximum Gasteiger partial charge on any atom is 0.306 e. The van der Waals surface area contributed by atoms with Gasteiger partial charge in [0, 0.05) is 11.3 Å². The SMILES string of the molecule is CC1(C)CCCC2=C[C@H]3CC(=O)O[C@@H]3[C@]21O. The van der Waals surface area contributed by atoms with Gasteiger partial charge in [-0.1, -0.05) is 19.9 Å². The number of esters is 1. The van der Waals surface area contributed by atoms with Gasteiger partial charge in [0.1, 0.15) is 11.7 Å². The number of ether oxygens (including phenoxy) is 1. The second-order valence-corrected chi connectivity index (χ2v) is 5.97. The molecule has 0 amide bonds. The third-order valence-corrected chi connectivity index (χ3v) is 4.65. The Hall–Kier alpha value is -0.830. The highest BCUT2D eigenvalue weighted by atomic mass is 16.6. The fourth-order valence-electron chi connectivity index (χ4n) is 3.69. The van der Waals surface area contributed by atoms with Gasteiger partial charge in [-0.05, 0) is 24.8 Å². The van der Waals surface area contributed by atoms with Gasteiger partial charge in [-0.25, -0.2) is 0 Å². The van der Waals surface area contributed by atoms with Gasteiger partial charge in [-0.2, -0.15) is 0 Å². The van der Waals surface area contributed by atoms with Crippen LogP contribution in [0.25, 0.3) is 0 Å². The van der Waals surface area contributed by atoms with Gasteiger partial charge in [0.25, 0.3) is 0 Å². The minimum Gasteiger partial charge on any atom is -0.458 e. The van der Waals surface area contributed by atoms with E-state index < -0.39 is 5.60 Å². The molecule has 0 spiro atoms. The minimum absolute atomic E-state index is 0.102. The summed E-state index contributed by atoms with van der Waals surface area (Å²) < 4.78 is 5.35. The maximum absolute atomic E-state index is 11.3. The van der Waals surface area contributed by atoms with Crippen molar-refractivity contribution in [1.29, 1.82) is 0 Å². The predicted octanol–water partition coefficient (Wildman–Crippen LogP) is 1.80. The molecular weight excluding hydrogens is 204 g/mol. The van der Waals surface area contributed by atoms with E-state index in [1.165, 1.54) is 0 Å². The highest BCUT2D eigenvalue weighted by molar-refractivity contribution is 5.74. The Morgan fingerprint density at radius 2 is 2.25 bits per heavy atom.